The van der Waals surface area contributed by atoms with E-state index < -0.39 is 5.56 Å². The highest BCUT2D eigenvalue weighted by atomic mass is 35.5. The number of hydrogen-bond acceptors (Lipinski definition) is 5. The van der Waals surface area contributed by atoms with Crippen molar-refractivity contribution in [2.75, 3.05) is 0 Å². The molecule has 4 aromatic rings. The Labute approximate surface area is 195 Å². The maximum Gasteiger partial charge on any atom is 0.280 e. The fraction of sp³-hybridized carbons (Fsp3) is 0.200. The maximum atomic E-state index is 13.1. The van der Waals surface area contributed by atoms with E-state index >= 15 is 0 Å². The Morgan fingerprint density at radius 1 is 1.09 bits per heavy atom. The van der Waals surface area contributed by atoms with E-state index in [1.165, 1.54) is 16.7 Å². The van der Waals surface area contributed by atoms with Crippen molar-refractivity contribution in [3.05, 3.63) is 99.2 Å². The normalized spacial score (nSPS) is 11.1. The van der Waals surface area contributed by atoms with Crippen LogP contribution in [0.3, 0.4) is 0 Å². The predicted octanol–water partition coefficient (Wildman–Crippen LogP) is 5.49. The molecule has 0 bridgehead atoms. The molecule has 0 aliphatic heterocycles. The second-order valence-corrected chi connectivity index (χ2v) is 8.22. The third kappa shape index (κ3) is 4.93. The maximum absolute atomic E-state index is 13.1. The summed E-state index contributed by atoms with van der Waals surface area (Å²) in [5.74, 6) is 1.06. The Hall–Kier alpha value is -3.58. The molecule has 0 N–H and O–H groups in total. The van der Waals surface area contributed by atoms with Gasteiger partial charge in [0.15, 0.2) is 5.02 Å². The largest absolute Gasteiger partial charge is 0.472 e. The van der Waals surface area contributed by atoms with Crippen molar-refractivity contribution in [1.29, 1.82) is 0 Å². The number of benzene rings is 2. The molecule has 0 spiro atoms. The molecule has 0 amide bonds. The minimum atomic E-state index is -0.444. The molecular weight excluding hydrogens is 443 g/mol. The van der Waals surface area contributed by atoms with Gasteiger partial charge in [-0.05, 0) is 42.8 Å². The molecular formula is C25H22ClFN4O2. The van der Waals surface area contributed by atoms with Gasteiger partial charge in [0, 0.05) is 17.7 Å². The van der Waals surface area contributed by atoms with Gasteiger partial charge in [-0.15, -0.1) is 0 Å². The number of aryl methyl sites for hydroxylation is 1. The van der Waals surface area contributed by atoms with Crippen molar-refractivity contribution in [2.45, 2.75) is 33.3 Å². The zero-order valence-electron chi connectivity index (χ0n) is 18.4. The van der Waals surface area contributed by atoms with E-state index in [2.05, 4.69) is 15.0 Å². The zero-order valence-corrected chi connectivity index (χ0v) is 19.2. The molecule has 8 heteroatoms. The predicted molar refractivity (Wildman–Crippen MR) is 125 cm³/mol. The van der Waals surface area contributed by atoms with Crippen molar-refractivity contribution in [3.63, 3.8) is 0 Å². The minimum absolute atomic E-state index is 0.0354. The molecule has 2 aromatic carbocycles. The van der Waals surface area contributed by atoms with Crippen LogP contribution in [-0.2, 0) is 6.61 Å². The molecule has 0 aliphatic rings. The van der Waals surface area contributed by atoms with Gasteiger partial charge in [0.25, 0.3) is 5.56 Å². The van der Waals surface area contributed by atoms with Gasteiger partial charge in [-0.2, -0.15) is 4.98 Å². The number of halogens is 2. The lowest BCUT2D eigenvalue weighted by atomic mass is 10.1. The van der Waals surface area contributed by atoms with Crippen molar-refractivity contribution in [1.82, 2.24) is 19.5 Å². The average molecular weight is 465 g/mol. The summed E-state index contributed by atoms with van der Waals surface area (Å²) in [5.41, 5.74) is 2.50. The Kier molecular flexibility index (Phi) is 6.51. The molecule has 2 aromatic heterocycles. The smallest absolute Gasteiger partial charge is 0.280 e. The standard InChI is InChI=1S/C25H22ClFN4O2/c1-15(2)23-28-12-11-21(30-23)18-5-4-6-20(13-18)31-16(3)29-24(22(26)25(31)32)33-14-17-7-9-19(27)10-8-17/h4-13,15H,14H2,1-3H3. The van der Waals surface area contributed by atoms with Crippen LogP contribution in [0.1, 0.15) is 37.0 Å². The highest BCUT2D eigenvalue weighted by molar-refractivity contribution is 6.31. The van der Waals surface area contributed by atoms with Crippen LogP contribution in [-0.4, -0.2) is 19.5 Å². The SMILES string of the molecule is Cc1nc(OCc2ccc(F)cc2)c(Cl)c(=O)n1-c1cccc(-c2ccnc(C(C)C)n2)c1. The molecule has 168 valence electrons. The van der Waals surface area contributed by atoms with Crippen LogP contribution >= 0.6 is 11.6 Å². The summed E-state index contributed by atoms with van der Waals surface area (Å²) in [6, 6.07) is 15.1. The van der Waals surface area contributed by atoms with Crippen LogP contribution in [0.5, 0.6) is 5.88 Å². The first-order valence-corrected chi connectivity index (χ1v) is 10.8. The Morgan fingerprint density at radius 3 is 2.58 bits per heavy atom. The second-order valence-electron chi connectivity index (χ2n) is 7.84. The molecule has 0 saturated carbocycles. The zero-order chi connectivity index (χ0) is 23.5. The number of nitrogens with zero attached hydrogens (tertiary/aromatic N) is 4. The number of aromatic nitrogens is 4. The van der Waals surface area contributed by atoms with Gasteiger partial charge in [0.05, 0.1) is 11.4 Å². The van der Waals surface area contributed by atoms with E-state index in [-0.39, 0.29) is 29.2 Å². The first-order valence-electron chi connectivity index (χ1n) is 10.4. The summed E-state index contributed by atoms with van der Waals surface area (Å²) in [4.78, 5) is 26.4. The molecule has 0 aliphatic carbocycles. The molecule has 0 unspecified atom stereocenters. The lowest BCUT2D eigenvalue weighted by Gasteiger charge is -2.14. The molecule has 33 heavy (non-hydrogen) atoms. The Morgan fingerprint density at radius 2 is 1.85 bits per heavy atom. The van der Waals surface area contributed by atoms with Gasteiger partial charge in [0.2, 0.25) is 5.88 Å². The van der Waals surface area contributed by atoms with Crippen molar-refractivity contribution >= 4 is 11.6 Å². The first-order chi connectivity index (χ1) is 15.8. The summed E-state index contributed by atoms with van der Waals surface area (Å²) < 4.78 is 20.2. The molecule has 6 nitrogen and oxygen atoms in total. The number of ether oxygens (including phenoxy) is 1. The summed E-state index contributed by atoms with van der Waals surface area (Å²) in [7, 11) is 0. The van der Waals surface area contributed by atoms with Gasteiger partial charge >= 0.3 is 0 Å². The highest BCUT2D eigenvalue weighted by Crippen LogP contribution is 2.24. The number of hydrogen-bond donors (Lipinski definition) is 0. The monoisotopic (exact) mass is 464 g/mol. The fourth-order valence-corrected chi connectivity index (χ4v) is 3.51. The van der Waals surface area contributed by atoms with E-state index in [1.54, 1.807) is 31.3 Å². The number of rotatable bonds is 6. The summed E-state index contributed by atoms with van der Waals surface area (Å²) >= 11 is 6.32. The topological polar surface area (TPSA) is 69.9 Å². The van der Waals surface area contributed by atoms with Crippen LogP contribution in [0.25, 0.3) is 16.9 Å². The van der Waals surface area contributed by atoms with Gasteiger partial charge in [-0.3, -0.25) is 9.36 Å². The third-order valence-corrected chi connectivity index (χ3v) is 5.37. The van der Waals surface area contributed by atoms with Crippen LogP contribution in [0, 0.1) is 12.7 Å². The second kappa shape index (κ2) is 9.50. The van der Waals surface area contributed by atoms with E-state index in [9.17, 15) is 9.18 Å². The highest BCUT2D eigenvalue weighted by Gasteiger charge is 2.16. The summed E-state index contributed by atoms with van der Waals surface area (Å²) in [6.45, 7) is 5.88. The van der Waals surface area contributed by atoms with Crippen LogP contribution < -0.4 is 10.3 Å². The van der Waals surface area contributed by atoms with E-state index in [4.69, 9.17) is 16.3 Å². The molecule has 0 fully saturated rings. The van der Waals surface area contributed by atoms with Gasteiger partial charge in [-0.1, -0.05) is 49.7 Å². The van der Waals surface area contributed by atoms with Crippen molar-refractivity contribution in [3.8, 4) is 22.8 Å². The van der Waals surface area contributed by atoms with E-state index in [1.807, 2.05) is 38.1 Å². The van der Waals surface area contributed by atoms with Crippen LogP contribution in [0.4, 0.5) is 4.39 Å². The van der Waals surface area contributed by atoms with Crippen LogP contribution in [0.15, 0.2) is 65.6 Å². The van der Waals surface area contributed by atoms with Gasteiger partial charge in [0.1, 0.15) is 24.1 Å². The van der Waals surface area contributed by atoms with Crippen molar-refractivity contribution in [2.24, 2.45) is 0 Å². The van der Waals surface area contributed by atoms with Gasteiger partial charge < -0.3 is 4.74 Å². The van der Waals surface area contributed by atoms with Crippen LogP contribution in [0.2, 0.25) is 5.02 Å². The molecule has 0 atom stereocenters. The Bertz CT molecular complexity index is 1350. The lowest BCUT2D eigenvalue weighted by molar-refractivity contribution is 0.291. The fourth-order valence-electron chi connectivity index (χ4n) is 3.33. The van der Waals surface area contributed by atoms with E-state index in [0.717, 1.165) is 22.6 Å². The van der Waals surface area contributed by atoms with Gasteiger partial charge in [-0.25, -0.2) is 14.4 Å². The lowest BCUT2D eigenvalue weighted by Crippen LogP contribution is -2.23. The molecule has 0 radical (unpaired) electrons. The third-order valence-electron chi connectivity index (χ3n) is 5.05. The summed E-state index contributed by atoms with van der Waals surface area (Å²) in [6.07, 6.45) is 1.73. The minimum Gasteiger partial charge on any atom is -0.472 e. The quantitative estimate of drug-likeness (QED) is 0.377. The van der Waals surface area contributed by atoms with Crippen molar-refractivity contribution < 1.29 is 9.13 Å². The first kappa shape index (κ1) is 22.6. The average Bonchev–Trinajstić information content (AvgIpc) is 2.82. The Balaban J connectivity index is 1.66. The molecule has 0 saturated heterocycles. The molecule has 2 heterocycles. The van der Waals surface area contributed by atoms with E-state index in [0.29, 0.717) is 11.5 Å². The molecule has 4 rings (SSSR count). The summed E-state index contributed by atoms with van der Waals surface area (Å²) in [5, 5.41) is -0.128.